The Labute approximate surface area is 180 Å². The predicted octanol–water partition coefficient (Wildman–Crippen LogP) is 3.74. The number of rotatable bonds is 6. The Morgan fingerprint density at radius 1 is 1.10 bits per heavy atom. The lowest BCUT2D eigenvalue weighted by Crippen LogP contribution is -2.39. The number of nitrogens with zero attached hydrogens (tertiary/aromatic N) is 1. The molecule has 1 atom stereocenters. The molecule has 1 amide bonds. The van der Waals surface area contributed by atoms with Gasteiger partial charge in [-0.15, -0.1) is 11.8 Å². The summed E-state index contributed by atoms with van der Waals surface area (Å²) in [6.07, 6.45) is 1.81. The number of amides is 1. The van der Waals surface area contributed by atoms with Gasteiger partial charge < -0.3 is 14.4 Å². The van der Waals surface area contributed by atoms with E-state index in [1.54, 1.807) is 53.1 Å². The van der Waals surface area contributed by atoms with E-state index in [-0.39, 0.29) is 22.0 Å². The first-order valence-corrected chi connectivity index (χ1v) is 12.0. The first kappa shape index (κ1) is 20.9. The number of methoxy groups -OCH3 is 2. The lowest BCUT2D eigenvalue weighted by atomic mass is 10.2. The summed E-state index contributed by atoms with van der Waals surface area (Å²) in [5.41, 5.74) is 0.999. The standard InChI is InChI=1S/C21H24N2O5S2/c1-13-12-23(21(24)14-4-5-14)19-11-18(6-7-20(19)29-13)30(25,26)22-15-8-16(27-2)10-17(9-15)28-3/h6-11,13-14,22H,4-5,12H2,1-3H3/t13-/m0/s1. The molecular weight excluding hydrogens is 424 g/mol. The molecule has 9 heteroatoms. The van der Waals surface area contributed by atoms with Gasteiger partial charge in [-0.1, -0.05) is 6.92 Å². The quantitative estimate of drug-likeness (QED) is 0.725. The van der Waals surface area contributed by atoms with Crippen molar-refractivity contribution in [3.8, 4) is 11.5 Å². The maximum absolute atomic E-state index is 13.1. The van der Waals surface area contributed by atoms with Crippen LogP contribution in [0, 0.1) is 5.92 Å². The monoisotopic (exact) mass is 448 g/mol. The number of anilines is 2. The molecule has 2 aromatic carbocycles. The number of thioether (sulfide) groups is 1. The maximum Gasteiger partial charge on any atom is 0.261 e. The molecule has 0 bridgehead atoms. The Morgan fingerprint density at radius 2 is 1.77 bits per heavy atom. The number of benzene rings is 2. The molecule has 1 saturated carbocycles. The van der Waals surface area contributed by atoms with Gasteiger partial charge in [0.25, 0.3) is 10.0 Å². The number of ether oxygens (including phenoxy) is 2. The second-order valence-electron chi connectivity index (χ2n) is 7.49. The van der Waals surface area contributed by atoms with Crippen molar-refractivity contribution in [1.82, 2.24) is 0 Å². The zero-order chi connectivity index (χ0) is 21.5. The molecular formula is C21H24N2O5S2. The van der Waals surface area contributed by atoms with Crippen molar-refractivity contribution < 1.29 is 22.7 Å². The number of hydrogen-bond donors (Lipinski definition) is 1. The normalized spacial score (nSPS) is 18.5. The Morgan fingerprint density at radius 3 is 2.37 bits per heavy atom. The second kappa shape index (κ2) is 8.03. The Kier molecular flexibility index (Phi) is 5.59. The van der Waals surface area contributed by atoms with Crippen LogP contribution in [-0.4, -0.2) is 40.3 Å². The summed E-state index contributed by atoms with van der Waals surface area (Å²) in [6.45, 7) is 2.65. The average molecular weight is 449 g/mol. The van der Waals surface area contributed by atoms with Gasteiger partial charge in [-0.3, -0.25) is 9.52 Å². The summed E-state index contributed by atoms with van der Waals surface area (Å²) < 4.78 is 39.1. The van der Waals surface area contributed by atoms with Crippen molar-refractivity contribution >= 4 is 39.1 Å². The topological polar surface area (TPSA) is 84.9 Å². The van der Waals surface area contributed by atoms with E-state index in [9.17, 15) is 13.2 Å². The van der Waals surface area contributed by atoms with E-state index >= 15 is 0 Å². The molecule has 0 saturated heterocycles. The van der Waals surface area contributed by atoms with Crippen LogP contribution in [0.25, 0.3) is 0 Å². The molecule has 0 unspecified atom stereocenters. The fraction of sp³-hybridized carbons (Fsp3) is 0.381. The van der Waals surface area contributed by atoms with E-state index in [4.69, 9.17) is 9.47 Å². The van der Waals surface area contributed by atoms with Crippen LogP contribution in [0.2, 0.25) is 0 Å². The van der Waals surface area contributed by atoms with E-state index in [0.29, 0.717) is 29.4 Å². The molecule has 160 valence electrons. The summed E-state index contributed by atoms with van der Waals surface area (Å²) in [4.78, 5) is 15.6. The summed E-state index contributed by atoms with van der Waals surface area (Å²) >= 11 is 1.66. The average Bonchev–Trinajstić information content (AvgIpc) is 3.57. The van der Waals surface area contributed by atoms with Crippen molar-refractivity contribution in [3.05, 3.63) is 36.4 Å². The van der Waals surface area contributed by atoms with Crippen molar-refractivity contribution in [2.24, 2.45) is 5.92 Å². The van der Waals surface area contributed by atoms with Gasteiger partial charge in [0.1, 0.15) is 11.5 Å². The predicted molar refractivity (Wildman–Crippen MR) is 117 cm³/mol. The molecule has 1 aliphatic heterocycles. The number of fused-ring (bicyclic) bond motifs is 1. The smallest absolute Gasteiger partial charge is 0.261 e. The third kappa shape index (κ3) is 4.22. The van der Waals surface area contributed by atoms with Crippen LogP contribution in [0.15, 0.2) is 46.2 Å². The van der Waals surface area contributed by atoms with Crippen molar-refractivity contribution in [2.75, 3.05) is 30.4 Å². The first-order chi connectivity index (χ1) is 14.3. The third-order valence-corrected chi connectivity index (χ3v) is 7.63. The third-order valence-electron chi connectivity index (χ3n) is 5.10. The summed E-state index contributed by atoms with van der Waals surface area (Å²) in [5, 5.41) is 0.255. The molecule has 7 nitrogen and oxygen atoms in total. The summed E-state index contributed by atoms with van der Waals surface area (Å²) in [5.74, 6) is 1.10. The van der Waals surface area contributed by atoms with Gasteiger partial charge in [-0.2, -0.15) is 0 Å². The van der Waals surface area contributed by atoms with Gasteiger partial charge in [0, 0.05) is 40.8 Å². The lowest BCUT2D eigenvalue weighted by Gasteiger charge is -2.33. The van der Waals surface area contributed by atoms with Crippen molar-refractivity contribution in [3.63, 3.8) is 0 Å². The van der Waals surface area contributed by atoms with Crippen LogP contribution in [0.4, 0.5) is 11.4 Å². The molecule has 2 aromatic rings. The van der Waals surface area contributed by atoms with E-state index in [1.165, 1.54) is 14.2 Å². The minimum atomic E-state index is -3.87. The fourth-order valence-electron chi connectivity index (χ4n) is 3.42. The molecule has 30 heavy (non-hydrogen) atoms. The van der Waals surface area contributed by atoms with Gasteiger partial charge in [0.05, 0.1) is 30.5 Å². The van der Waals surface area contributed by atoms with Crippen LogP contribution in [0.1, 0.15) is 19.8 Å². The van der Waals surface area contributed by atoms with E-state index in [0.717, 1.165) is 17.7 Å². The minimum Gasteiger partial charge on any atom is -0.497 e. The maximum atomic E-state index is 13.1. The minimum absolute atomic E-state index is 0.0655. The fourth-order valence-corrected chi connectivity index (χ4v) is 5.58. The van der Waals surface area contributed by atoms with Gasteiger partial charge in [-0.05, 0) is 31.0 Å². The van der Waals surface area contributed by atoms with Crippen LogP contribution in [0.5, 0.6) is 11.5 Å². The molecule has 1 heterocycles. The zero-order valence-corrected chi connectivity index (χ0v) is 18.7. The van der Waals surface area contributed by atoms with Gasteiger partial charge >= 0.3 is 0 Å². The highest BCUT2D eigenvalue weighted by atomic mass is 32.2. The van der Waals surface area contributed by atoms with Crippen molar-refractivity contribution in [1.29, 1.82) is 0 Å². The van der Waals surface area contributed by atoms with Crippen LogP contribution in [-0.2, 0) is 14.8 Å². The van der Waals surface area contributed by atoms with Crippen LogP contribution in [0.3, 0.4) is 0 Å². The first-order valence-electron chi connectivity index (χ1n) is 9.68. The highest BCUT2D eigenvalue weighted by Gasteiger charge is 2.37. The van der Waals surface area contributed by atoms with E-state index < -0.39 is 10.0 Å². The number of nitrogens with one attached hydrogen (secondary N) is 1. The van der Waals surface area contributed by atoms with E-state index in [1.807, 2.05) is 0 Å². The molecule has 1 N–H and O–H groups in total. The number of carbonyl (C=O) groups excluding carboxylic acids is 1. The molecule has 0 aromatic heterocycles. The molecule has 2 aliphatic rings. The number of hydrogen-bond acceptors (Lipinski definition) is 6. The highest BCUT2D eigenvalue weighted by molar-refractivity contribution is 8.00. The molecule has 1 aliphatic carbocycles. The Balaban J connectivity index is 1.67. The molecule has 0 spiro atoms. The number of carbonyl (C=O) groups is 1. The summed E-state index contributed by atoms with van der Waals surface area (Å²) in [7, 11) is -0.871. The number of sulfonamides is 1. The second-order valence-corrected chi connectivity index (χ2v) is 10.7. The van der Waals surface area contributed by atoms with Crippen LogP contribution >= 0.6 is 11.8 Å². The SMILES string of the molecule is COc1cc(NS(=O)(=O)c2ccc3c(c2)N(C(=O)C2CC2)C[C@H](C)S3)cc(OC)c1. The highest BCUT2D eigenvalue weighted by Crippen LogP contribution is 2.42. The summed E-state index contributed by atoms with van der Waals surface area (Å²) in [6, 6.07) is 9.77. The molecule has 4 rings (SSSR count). The van der Waals surface area contributed by atoms with Gasteiger partial charge in [0.2, 0.25) is 5.91 Å². The Bertz CT molecular complexity index is 1060. The Hall–Kier alpha value is -2.39. The van der Waals surface area contributed by atoms with Crippen LogP contribution < -0.4 is 19.1 Å². The van der Waals surface area contributed by atoms with E-state index in [2.05, 4.69) is 11.6 Å². The largest absolute Gasteiger partial charge is 0.497 e. The van der Waals surface area contributed by atoms with Gasteiger partial charge in [-0.25, -0.2) is 8.42 Å². The lowest BCUT2D eigenvalue weighted by molar-refractivity contribution is -0.119. The molecule has 0 radical (unpaired) electrons. The molecule has 1 fully saturated rings. The van der Waals surface area contributed by atoms with Gasteiger partial charge in [0.15, 0.2) is 0 Å². The van der Waals surface area contributed by atoms with Crippen molar-refractivity contribution in [2.45, 2.75) is 34.8 Å². The zero-order valence-electron chi connectivity index (χ0n) is 17.0.